The molecular formula is C35H41N7O2S2. The van der Waals surface area contributed by atoms with Crippen molar-refractivity contribution in [1.82, 2.24) is 20.4 Å². The molecule has 2 aliphatic rings. The molecule has 2 saturated carbocycles. The van der Waals surface area contributed by atoms with Gasteiger partial charge in [-0.25, -0.2) is 0 Å². The number of nitrogens with one attached hydrogen (secondary N) is 2. The van der Waals surface area contributed by atoms with Crippen molar-refractivity contribution in [3.8, 4) is 6.07 Å². The van der Waals surface area contributed by atoms with Gasteiger partial charge in [-0.1, -0.05) is 98.1 Å². The van der Waals surface area contributed by atoms with Crippen LogP contribution in [-0.4, -0.2) is 32.2 Å². The van der Waals surface area contributed by atoms with Crippen LogP contribution in [0.4, 0.5) is 10.3 Å². The largest absolute Gasteiger partial charge is 0.300 e. The summed E-state index contributed by atoms with van der Waals surface area (Å²) in [5, 5.41) is 33.8. The van der Waals surface area contributed by atoms with Crippen LogP contribution < -0.4 is 10.6 Å². The average molecular weight is 656 g/mol. The first-order valence-electron chi connectivity index (χ1n) is 16.2. The molecule has 2 aromatic carbocycles. The highest BCUT2D eigenvalue weighted by atomic mass is 32.1. The number of carbonyl (C=O) groups is 2. The van der Waals surface area contributed by atoms with Crippen LogP contribution in [0.25, 0.3) is 0 Å². The Bertz CT molecular complexity index is 1650. The van der Waals surface area contributed by atoms with E-state index in [-0.39, 0.29) is 18.2 Å². The van der Waals surface area contributed by atoms with Crippen LogP contribution in [0.5, 0.6) is 0 Å². The first-order chi connectivity index (χ1) is 22.3. The minimum Gasteiger partial charge on any atom is -0.300 e. The summed E-state index contributed by atoms with van der Waals surface area (Å²) in [6, 6.07) is 17.7. The first kappa shape index (κ1) is 33.4. The Kier molecular flexibility index (Phi) is 12.0. The standard InChI is InChI=1S/C18H20N4OS.C17H21N3OS/c1-12-4-2-7-15(8-12)17-21-22-18(24-17)20-16(23)10-13-5-3-6-14(9-13)11-19;1-12-19-20-17(22-12)18-16(21)11-13-6-5-9-15(10-13)14-7-3-2-4-8-14/h3,5-6,9,12,15H,2,4,7-8,10H2,1H3,(H,20,22,23);5-6,9-10,14H,2-4,7-8,11H2,1H3,(H,18,20,21)/t12-,15-;/m0./s1. The fourth-order valence-corrected chi connectivity index (χ4v) is 7.81. The van der Waals surface area contributed by atoms with Gasteiger partial charge in [0.25, 0.3) is 0 Å². The molecule has 2 atom stereocenters. The van der Waals surface area contributed by atoms with Crippen molar-refractivity contribution in [1.29, 1.82) is 5.26 Å². The number of nitriles is 1. The van der Waals surface area contributed by atoms with Gasteiger partial charge in [0.1, 0.15) is 10.0 Å². The lowest BCUT2D eigenvalue weighted by Crippen LogP contribution is -2.14. The van der Waals surface area contributed by atoms with Crippen LogP contribution >= 0.6 is 22.7 Å². The van der Waals surface area contributed by atoms with Crippen molar-refractivity contribution in [3.63, 3.8) is 0 Å². The van der Waals surface area contributed by atoms with Crippen LogP contribution in [0.1, 0.15) is 109 Å². The number of hydrogen-bond donors (Lipinski definition) is 2. The molecule has 46 heavy (non-hydrogen) atoms. The molecule has 4 aromatic rings. The molecule has 2 fully saturated rings. The van der Waals surface area contributed by atoms with Gasteiger partial charge in [0.2, 0.25) is 22.1 Å². The van der Waals surface area contributed by atoms with E-state index < -0.39 is 0 Å². The van der Waals surface area contributed by atoms with Crippen molar-refractivity contribution in [2.24, 2.45) is 5.92 Å². The van der Waals surface area contributed by atoms with E-state index in [2.05, 4.69) is 62.2 Å². The van der Waals surface area contributed by atoms with Crippen LogP contribution in [0, 0.1) is 24.2 Å². The second-order valence-corrected chi connectivity index (χ2v) is 14.6. The van der Waals surface area contributed by atoms with E-state index in [1.165, 1.54) is 73.2 Å². The number of rotatable bonds is 8. The zero-order valence-corrected chi connectivity index (χ0v) is 28.1. The highest BCUT2D eigenvalue weighted by molar-refractivity contribution is 7.15. The molecule has 0 spiro atoms. The molecule has 2 heterocycles. The van der Waals surface area contributed by atoms with Crippen molar-refractivity contribution < 1.29 is 9.59 Å². The van der Waals surface area contributed by atoms with Gasteiger partial charge >= 0.3 is 0 Å². The molecule has 0 saturated heterocycles. The predicted molar refractivity (Wildman–Crippen MR) is 183 cm³/mol. The van der Waals surface area contributed by atoms with E-state index >= 15 is 0 Å². The normalized spacial score (nSPS) is 18.1. The molecule has 2 aromatic heterocycles. The summed E-state index contributed by atoms with van der Waals surface area (Å²) in [6.45, 7) is 4.16. The number of anilines is 2. The molecule has 2 aliphatic carbocycles. The van der Waals surface area contributed by atoms with E-state index in [0.29, 0.717) is 34.1 Å². The van der Waals surface area contributed by atoms with Gasteiger partial charge in [0.05, 0.1) is 24.5 Å². The Labute approximate surface area is 278 Å². The van der Waals surface area contributed by atoms with E-state index in [1.54, 1.807) is 18.2 Å². The third-order valence-corrected chi connectivity index (χ3v) is 10.3. The zero-order valence-electron chi connectivity index (χ0n) is 26.5. The van der Waals surface area contributed by atoms with Crippen LogP contribution in [0.3, 0.4) is 0 Å². The number of aromatic nitrogens is 4. The Morgan fingerprint density at radius 2 is 1.46 bits per heavy atom. The Balaban J connectivity index is 0.000000182. The van der Waals surface area contributed by atoms with Crippen LogP contribution in [0.2, 0.25) is 0 Å². The van der Waals surface area contributed by atoms with Gasteiger partial charge in [-0.15, -0.1) is 20.4 Å². The number of nitrogens with zero attached hydrogens (tertiary/aromatic N) is 5. The maximum atomic E-state index is 12.2. The van der Waals surface area contributed by atoms with Crippen LogP contribution in [-0.2, 0) is 22.4 Å². The van der Waals surface area contributed by atoms with Gasteiger partial charge in [0, 0.05) is 5.92 Å². The summed E-state index contributed by atoms with van der Waals surface area (Å²) in [5.41, 5.74) is 3.83. The molecule has 0 radical (unpaired) electrons. The SMILES string of the molecule is C[C@H]1CCC[C@H](c2nnc(NC(=O)Cc3cccc(C#N)c3)s2)C1.Cc1nnc(NC(=O)Cc2cccc(C3CCCCC3)c2)s1. The highest BCUT2D eigenvalue weighted by Gasteiger charge is 2.24. The molecule has 2 amide bonds. The van der Waals surface area contributed by atoms with Crippen molar-refractivity contribution >= 4 is 44.8 Å². The van der Waals surface area contributed by atoms with Gasteiger partial charge in [-0.05, 0) is 73.3 Å². The van der Waals surface area contributed by atoms with E-state index in [1.807, 2.05) is 19.1 Å². The van der Waals surface area contributed by atoms with Crippen molar-refractivity contribution in [2.45, 2.75) is 96.3 Å². The molecular weight excluding hydrogens is 615 g/mol. The van der Waals surface area contributed by atoms with Gasteiger partial charge in [-0.2, -0.15) is 5.26 Å². The molecule has 0 aliphatic heterocycles. The fourth-order valence-electron chi connectivity index (χ4n) is 6.30. The van der Waals surface area contributed by atoms with Crippen molar-refractivity contribution in [3.05, 3.63) is 80.8 Å². The Hall–Kier alpha value is -4.01. The molecule has 240 valence electrons. The number of amides is 2. The topological polar surface area (TPSA) is 134 Å². The molecule has 0 unspecified atom stereocenters. The highest BCUT2D eigenvalue weighted by Crippen LogP contribution is 2.38. The van der Waals surface area contributed by atoms with Crippen LogP contribution in [0.15, 0.2) is 48.5 Å². The average Bonchev–Trinajstić information content (AvgIpc) is 3.70. The zero-order chi connectivity index (χ0) is 32.3. The Morgan fingerprint density at radius 3 is 2.13 bits per heavy atom. The first-order valence-corrected chi connectivity index (χ1v) is 17.8. The summed E-state index contributed by atoms with van der Waals surface area (Å²) in [4.78, 5) is 24.3. The van der Waals surface area contributed by atoms with Gasteiger partial charge in [-0.3, -0.25) is 9.59 Å². The summed E-state index contributed by atoms with van der Waals surface area (Å²) < 4.78 is 0. The second-order valence-electron chi connectivity index (χ2n) is 12.4. The minimum atomic E-state index is -0.134. The van der Waals surface area contributed by atoms with Gasteiger partial charge < -0.3 is 10.6 Å². The number of aryl methyl sites for hydroxylation is 1. The lowest BCUT2D eigenvalue weighted by molar-refractivity contribution is -0.116. The summed E-state index contributed by atoms with van der Waals surface area (Å²) >= 11 is 2.88. The Morgan fingerprint density at radius 1 is 0.804 bits per heavy atom. The summed E-state index contributed by atoms with van der Waals surface area (Å²) in [5.74, 6) is 1.71. The third kappa shape index (κ3) is 9.99. The summed E-state index contributed by atoms with van der Waals surface area (Å²) in [7, 11) is 0. The monoisotopic (exact) mass is 655 g/mol. The quantitative estimate of drug-likeness (QED) is 0.197. The fraction of sp³-hybridized carbons (Fsp3) is 0.457. The molecule has 0 bridgehead atoms. The minimum absolute atomic E-state index is 0.0306. The number of carbonyl (C=O) groups excluding carboxylic acids is 2. The maximum absolute atomic E-state index is 12.2. The summed E-state index contributed by atoms with van der Waals surface area (Å²) in [6.07, 6.45) is 12.0. The second kappa shape index (κ2) is 16.5. The van der Waals surface area contributed by atoms with E-state index in [9.17, 15) is 9.59 Å². The lowest BCUT2D eigenvalue weighted by Gasteiger charge is -2.24. The molecule has 2 N–H and O–H groups in total. The third-order valence-electron chi connectivity index (χ3n) is 8.56. The van der Waals surface area contributed by atoms with Crippen molar-refractivity contribution in [2.75, 3.05) is 10.6 Å². The predicted octanol–water partition coefficient (Wildman–Crippen LogP) is 7.96. The van der Waals surface area contributed by atoms with E-state index in [0.717, 1.165) is 39.9 Å². The molecule has 11 heteroatoms. The maximum Gasteiger partial charge on any atom is 0.230 e. The smallest absolute Gasteiger partial charge is 0.230 e. The lowest BCUT2D eigenvalue weighted by atomic mass is 9.83. The van der Waals surface area contributed by atoms with Gasteiger partial charge in [0.15, 0.2) is 0 Å². The van der Waals surface area contributed by atoms with E-state index in [4.69, 9.17) is 5.26 Å². The molecule has 6 rings (SSSR count). The number of hydrogen-bond acceptors (Lipinski definition) is 9. The molecule has 9 nitrogen and oxygen atoms in total. The number of benzene rings is 2.